The molecule has 0 fully saturated rings. The van der Waals surface area contributed by atoms with Crippen LogP contribution < -0.4 is 10.6 Å². The molecule has 2 rings (SSSR count). The van der Waals surface area contributed by atoms with Crippen molar-refractivity contribution in [3.05, 3.63) is 35.3 Å². The fraction of sp³-hybridized carbons (Fsp3) is 0.0909. The Bertz CT molecular complexity index is 567. The van der Waals surface area contributed by atoms with Crippen molar-refractivity contribution in [3.63, 3.8) is 0 Å². The zero-order chi connectivity index (χ0) is 12.3. The maximum absolute atomic E-state index is 11.4. The second kappa shape index (κ2) is 5.29. The molecule has 0 radical (unpaired) electrons. The summed E-state index contributed by atoms with van der Waals surface area (Å²) in [6.45, 7) is 3.96. The first kappa shape index (κ1) is 12.1. The summed E-state index contributed by atoms with van der Waals surface area (Å²) < 4.78 is 2.00. The lowest BCUT2D eigenvalue weighted by Gasteiger charge is -2.00. The maximum Gasteiger partial charge on any atom is 0.321 e. The monoisotopic (exact) mass is 311 g/mol. The van der Waals surface area contributed by atoms with E-state index in [9.17, 15) is 4.79 Å². The van der Waals surface area contributed by atoms with Crippen molar-refractivity contribution in [3.8, 4) is 0 Å². The first-order valence-corrected chi connectivity index (χ1v) is 6.52. The maximum atomic E-state index is 11.4. The molecule has 0 aliphatic heterocycles. The first-order chi connectivity index (χ1) is 8.19. The Labute approximate surface area is 111 Å². The van der Waals surface area contributed by atoms with Crippen molar-refractivity contribution in [2.45, 2.75) is 0 Å². The number of nitrogens with zero attached hydrogens (tertiary/aromatic N) is 1. The fourth-order valence-corrected chi connectivity index (χ4v) is 2.45. The van der Waals surface area contributed by atoms with Crippen LogP contribution in [0, 0.1) is 0 Å². The van der Waals surface area contributed by atoms with Gasteiger partial charge in [-0.3, -0.25) is 5.32 Å². The molecule has 0 atom stereocenters. The number of benzene rings is 1. The van der Waals surface area contributed by atoms with Crippen molar-refractivity contribution >= 4 is 48.6 Å². The molecule has 0 aliphatic rings. The predicted molar refractivity (Wildman–Crippen MR) is 74.5 cm³/mol. The van der Waals surface area contributed by atoms with Gasteiger partial charge in [-0.05, 0) is 18.2 Å². The number of nitrogens with one attached hydrogen (secondary N) is 2. The molecule has 1 aromatic carbocycles. The van der Waals surface area contributed by atoms with E-state index < -0.39 is 0 Å². The molecular formula is C11H10BrN3OS. The van der Waals surface area contributed by atoms with Crippen molar-refractivity contribution < 1.29 is 4.79 Å². The minimum Gasteiger partial charge on any atom is -0.334 e. The van der Waals surface area contributed by atoms with Crippen LogP contribution in [0.2, 0.25) is 0 Å². The Morgan fingerprint density at radius 1 is 1.59 bits per heavy atom. The number of aromatic nitrogens is 1. The molecule has 0 bridgehead atoms. The van der Waals surface area contributed by atoms with Crippen LogP contribution >= 0.6 is 27.3 Å². The number of hydrogen-bond acceptors (Lipinski definition) is 3. The minimum atomic E-state index is -0.275. The number of carbonyl (C=O) groups excluding carboxylic acids is 1. The van der Waals surface area contributed by atoms with Crippen molar-refractivity contribution in [2.24, 2.45) is 0 Å². The Morgan fingerprint density at radius 2 is 2.41 bits per heavy atom. The highest BCUT2D eigenvalue weighted by Crippen LogP contribution is 2.27. The number of amides is 2. The second-order valence-corrected chi connectivity index (χ2v) is 5.20. The zero-order valence-electron chi connectivity index (χ0n) is 8.87. The van der Waals surface area contributed by atoms with Crippen LogP contribution in [0.4, 0.5) is 9.93 Å². The Balaban J connectivity index is 2.14. The van der Waals surface area contributed by atoms with Gasteiger partial charge in [0, 0.05) is 11.0 Å². The van der Waals surface area contributed by atoms with Gasteiger partial charge in [-0.1, -0.05) is 33.3 Å². The van der Waals surface area contributed by atoms with E-state index >= 15 is 0 Å². The van der Waals surface area contributed by atoms with E-state index in [0.29, 0.717) is 11.7 Å². The Kier molecular flexibility index (Phi) is 3.75. The largest absolute Gasteiger partial charge is 0.334 e. The first-order valence-electron chi connectivity index (χ1n) is 4.91. The van der Waals surface area contributed by atoms with Gasteiger partial charge < -0.3 is 5.32 Å². The molecule has 0 spiro atoms. The molecule has 88 valence electrons. The van der Waals surface area contributed by atoms with Gasteiger partial charge in [-0.2, -0.15) is 0 Å². The van der Waals surface area contributed by atoms with Gasteiger partial charge >= 0.3 is 6.03 Å². The molecule has 1 heterocycles. The van der Waals surface area contributed by atoms with Crippen LogP contribution in [0.5, 0.6) is 0 Å². The number of hydrogen-bond donors (Lipinski definition) is 2. The highest BCUT2D eigenvalue weighted by atomic mass is 79.9. The Hall–Kier alpha value is -1.40. The molecule has 6 heteroatoms. The fourth-order valence-electron chi connectivity index (χ4n) is 1.26. The van der Waals surface area contributed by atoms with Gasteiger partial charge in [-0.15, -0.1) is 6.58 Å². The summed E-state index contributed by atoms with van der Waals surface area (Å²) in [7, 11) is 0. The normalized spacial score (nSPS) is 10.2. The van der Waals surface area contributed by atoms with Crippen LogP contribution in [0.25, 0.3) is 10.2 Å². The smallest absolute Gasteiger partial charge is 0.321 e. The predicted octanol–water partition coefficient (Wildman–Crippen LogP) is 3.37. The van der Waals surface area contributed by atoms with E-state index in [1.165, 1.54) is 11.3 Å². The summed E-state index contributed by atoms with van der Waals surface area (Å²) in [5.41, 5.74) is 0.864. The van der Waals surface area contributed by atoms with Crippen LogP contribution in [0.1, 0.15) is 0 Å². The Morgan fingerprint density at radius 3 is 3.18 bits per heavy atom. The van der Waals surface area contributed by atoms with E-state index in [1.807, 2.05) is 18.2 Å². The number of urea groups is 1. The number of fused-ring (bicyclic) bond motifs is 1. The summed E-state index contributed by atoms with van der Waals surface area (Å²) in [6.07, 6.45) is 1.62. The van der Waals surface area contributed by atoms with Crippen LogP contribution in [-0.4, -0.2) is 17.6 Å². The third-order valence-corrected chi connectivity index (χ3v) is 3.42. The second-order valence-electron chi connectivity index (χ2n) is 3.25. The van der Waals surface area contributed by atoms with E-state index in [4.69, 9.17) is 0 Å². The molecule has 2 aromatic rings. The van der Waals surface area contributed by atoms with Gasteiger partial charge in [-0.25, -0.2) is 9.78 Å². The van der Waals surface area contributed by atoms with Gasteiger partial charge in [0.1, 0.15) is 0 Å². The van der Waals surface area contributed by atoms with Gasteiger partial charge in [0.25, 0.3) is 0 Å². The number of carbonyl (C=O) groups is 1. The van der Waals surface area contributed by atoms with E-state index in [2.05, 4.69) is 38.1 Å². The molecular weight excluding hydrogens is 302 g/mol. The summed E-state index contributed by atoms with van der Waals surface area (Å²) in [5, 5.41) is 5.89. The van der Waals surface area contributed by atoms with Gasteiger partial charge in [0.15, 0.2) is 5.13 Å². The van der Waals surface area contributed by atoms with E-state index in [0.717, 1.165) is 14.7 Å². The van der Waals surface area contributed by atoms with Crippen molar-refractivity contribution in [1.29, 1.82) is 0 Å². The quantitative estimate of drug-likeness (QED) is 0.854. The number of halogens is 1. The van der Waals surface area contributed by atoms with Crippen molar-refractivity contribution in [2.75, 3.05) is 11.9 Å². The molecule has 2 N–H and O–H groups in total. The molecule has 0 unspecified atom stereocenters. The van der Waals surface area contributed by atoms with Crippen LogP contribution in [-0.2, 0) is 0 Å². The third kappa shape index (κ3) is 3.04. The average molecular weight is 312 g/mol. The number of thiazole rings is 1. The third-order valence-electron chi connectivity index (χ3n) is 1.98. The lowest BCUT2D eigenvalue weighted by Crippen LogP contribution is -2.28. The summed E-state index contributed by atoms with van der Waals surface area (Å²) in [6, 6.07) is 5.55. The molecule has 17 heavy (non-hydrogen) atoms. The summed E-state index contributed by atoms with van der Waals surface area (Å²) in [4.78, 5) is 15.7. The van der Waals surface area contributed by atoms with Crippen LogP contribution in [0.3, 0.4) is 0 Å². The van der Waals surface area contributed by atoms with E-state index in [1.54, 1.807) is 6.08 Å². The number of rotatable bonds is 3. The molecule has 0 aliphatic carbocycles. The average Bonchev–Trinajstić information content (AvgIpc) is 2.67. The highest BCUT2D eigenvalue weighted by Gasteiger charge is 2.06. The highest BCUT2D eigenvalue weighted by molar-refractivity contribution is 9.10. The molecule has 2 amide bonds. The molecule has 0 saturated heterocycles. The van der Waals surface area contributed by atoms with E-state index in [-0.39, 0.29) is 6.03 Å². The lowest BCUT2D eigenvalue weighted by molar-refractivity contribution is 0.253. The standard InChI is InChI=1S/C11H10BrN3OS/c1-2-5-13-10(16)15-11-14-8-6-7(12)3-4-9(8)17-11/h2-4,6H,1,5H2,(H2,13,14,15,16). The zero-order valence-corrected chi connectivity index (χ0v) is 11.3. The van der Waals surface area contributed by atoms with Crippen LogP contribution in [0.15, 0.2) is 35.3 Å². The molecule has 4 nitrogen and oxygen atoms in total. The minimum absolute atomic E-state index is 0.275. The SMILES string of the molecule is C=CCNC(=O)Nc1nc2cc(Br)ccc2s1. The lowest BCUT2D eigenvalue weighted by atomic mass is 10.3. The number of anilines is 1. The molecule has 1 aromatic heterocycles. The summed E-state index contributed by atoms with van der Waals surface area (Å²) >= 11 is 4.82. The van der Waals surface area contributed by atoms with Gasteiger partial charge in [0.2, 0.25) is 0 Å². The summed E-state index contributed by atoms with van der Waals surface area (Å²) in [5.74, 6) is 0. The topological polar surface area (TPSA) is 54.0 Å². The molecule has 0 saturated carbocycles. The van der Waals surface area contributed by atoms with Gasteiger partial charge in [0.05, 0.1) is 10.2 Å². The van der Waals surface area contributed by atoms with Crippen molar-refractivity contribution in [1.82, 2.24) is 10.3 Å².